The highest BCUT2D eigenvalue weighted by Crippen LogP contribution is 2.30. The standard InChI is InChI=1S/C9H12S/c1-2-8-6-7-4-3-5-9(7)10-8/h6H,2-5H2,1H3. The average molecular weight is 152 g/mol. The Bertz CT molecular complexity index is 213. The van der Waals surface area contributed by atoms with Crippen LogP contribution in [0.3, 0.4) is 0 Å². The summed E-state index contributed by atoms with van der Waals surface area (Å²) in [6, 6.07) is 2.40. The van der Waals surface area contributed by atoms with Crippen LogP contribution in [0.5, 0.6) is 0 Å². The maximum atomic E-state index is 2.40. The van der Waals surface area contributed by atoms with E-state index in [4.69, 9.17) is 0 Å². The van der Waals surface area contributed by atoms with Crippen LogP contribution in [0.2, 0.25) is 0 Å². The van der Waals surface area contributed by atoms with Gasteiger partial charge in [0.25, 0.3) is 0 Å². The van der Waals surface area contributed by atoms with E-state index in [2.05, 4.69) is 13.0 Å². The molecule has 54 valence electrons. The Balaban J connectivity index is 2.37. The van der Waals surface area contributed by atoms with Crippen molar-refractivity contribution in [3.05, 3.63) is 21.4 Å². The second-order valence-corrected chi connectivity index (χ2v) is 4.09. The molecule has 0 amide bonds. The molecule has 1 heteroatoms. The zero-order valence-corrected chi connectivity index (χ0v) is 7.13. The normalized spacial score (nSPS) is 15.7. The van der Waals surface area contributed by atoms with Crippen molar-refractivity contribution in [2.75, 3.05) is 0 Å². The summed E-state index contributed by atoms with van der Waals surface area (Å²) in [6.45, 7) is 2.24. The SMILES string of the molecule is CCc1cc2c(s1)CCC2. The lowest BCUT2D eigenvalue weighted by Crippen LogP contribution is -1.72. The lowest BCUT2D eigenvalue weighted by atomic mass is 10.2. The topological polar surface area (TPSA) is 0 Å². The van der Waals surface area contributed by atoms with E-state index < -0.39 is 0 Å². The summed E-state index contributed by atoms with van der Waals surface area (Å²) in [5.41, 5.74) is 1.64. The van der Waals surface area contributed by atoms with Crippen molar-refractivity contribution in [1.82, 2.24) is 0 Å². The number of thiophene rings is 1. The quantitative estimate of drug-likeness (QED) is 0.580. The Hall–Kier alpha value is -0.300. The maximum Gasteiger partial charge on any atom is 0.00802 e. The molecule has 2 rings (SSSR count). The molecule has 0 spiro atoms. The monoisotopic (exact) mass is 152 g/mol. The zero-order chi connectivity index (χ0) is 6.97. The van der Waals surface area contributed by atoms with E-state index >= 15 is 0 Å². The van der Waals surface area contributed by atoms with Gasteiger partial charge in [-0.1, -0.05) is 6.92 Å². The summed E-state index contributed by atoms with van der Waals surface area (Å²) in [4.78, 5) is 3.24. The molecule has 1 aliphatic rings. The Kier molecular flexibility index (Phi) is 1.53. The molecular formula is C9H12S. The zero-order valence-electron chi connectivity index (χ0n) is 6.31. The van der Waals surface area contributed by atoms with Crippen LogP contribution < -0.4 is 0 Å². The highest BCUT2D eigenvalue weighted by Gasteiger charge is 2.13. The fourth-order valence-corrected chi connectivity index (χ4v) is 2.77. The summed E-state index contributed by atoms with van der Waals surface area (Å²) >= 11 is 2.02. The van der Waals surface area contributed by atoms with Crippen molar-refractivity contribution in [3.63, 3.8) is 0 Å². The van der Waals surface area contributed by atoms with Gasteiger partial charge >= 0.3 is 0 Å². The van der Waals surface area contributed by atoms with Crippen LogP contribution in [-0.4, -0.2) is 0 Å². The first kappa shape index (κ1) is 6.41. The molecule has 0 aromatic carbocycles. The minimum Gasteiger partial charge on any atom is -0.145 e. The molecule has 1 aromatic heterocycles. The van der Waals surface area contributed by atoms with Gasteiger partial charge in [0.2, 0.25) is 0 Å². The predicted octanol–water partition coefficient (Wildman–Crippen LogP) is 2.80. The third-order valence-electron chi connectivity index (χ3n) is 2.15. The van der Waals surface area contributed by atoms with E-state index in [0.717, 1.165) is 0 Å². The van der Waals surface area contributed by atoms with E-state index in [1.165, 1.54) is 25.7 Å². The first-order valence-electron chi connectivity index (χ1n) is 4.00. The maximum absolute atomic E-state index is 2.40. The van der Waals surface area contributed by atoms with Crippen LogP contribution in [0.25, 0.3) is 0 Å². The molecule has 0 saturated heterocycles. The van der Waals surface area contributed by atoms with E-state index in [9.17, 15) is 0 Å². The van der Waals surface area contributed by atoms with E-state index in [0.29, 0.717) is 0 Å². The number of hydrogen-bond acceptors (Lipinski definition) is 1. The van der Waals surface area contributed by atoms with Gasteiger partial charge in [0, 0.05) is 9.75 Å². The Labute approximate surface area is 65.9 Å². The van der Waals surface area contributed by atoms with E-state index in [1.54, 1.807) is 15.3 Å². The molecular weight excluding hydrogens is 140 g/mol. The smallest absolute Gasteiger partial charge is 0.00802 e. The molecule has 1 heterocycles. The van der Waals surface area contributed by atoms with Crippen LogP contribution >= 0.6 is 11.3 Å². The van der Waals surface area contributed by atoms with E-state index in [1.807, 2.05) is 11.3 Å². The van der Waals surface area contributed by atoms with Gasteiger partial charge in [0.15, 0.2) is 0 Å². The summed E-state index contributed by atoms with van der Waals surface area (Å²) in [5.74, 6) is 0. The molecule has 0 bridgehead atoms. The Morgan fingerprint density at radius 2 is 2.40 bits per heavy atom. The van der Waals surface area contributed by atoms with Crippen molar-refractivity contribution < 1.29 is 0 Å². The van der Waals surface area contributed by atoms with Crippen LogP contribution in [0.4, 0.5) is 0 Å². The lowest BCUT2D eigenvalue weighted by Gasteiger charge is -1.85. The fraction of sp³-hybridized carbons (Fsp3) is 0.556. The van der Waals surface area contributed by atoms with Crippen LogP contribution in [0.1, 0.15) is 28.7 Å². The van der Waals surface area contributed by atoms with Crippen molar-refractivity contribution in [2.24, 2.45) is 0 Å². The third kappa shape index (κ3) is 0.891. The molecule has 0 aliphatic heterocycles. The summed E-state index contributed by atoms with van der Waals surface area (Å²) in [5, 5.41) is 0. The summed E-state index contributed by atoms with van der Waals surface area (Å²) in [6.07, 6.45) is 5.30. The molecule has 0 N–H and O–H groups in total. The van der Waals surface area contributed by atoms with Crippen molar-refractivity contribution in [2.45, 2.75) is 32.6 Å². The predicted molar refractivity (Wildman–Crippen MR) is 45.7 cm³/mol. The summed E-state index contributed by atoms with van der Waals surface area (Å²) < 4.78 is 0. The van der Waals surface area contributed by atoms with Gasteiger partial charge in [-0.05, 0) is 37.3 Å². The number of aryl methyl sites for hydroxylation is 3. The van der Waals surface area contributed by atoms with Gasteiger partial charge < -0.3 is 0 Å². The number of rotatable bonds is 1. The van der Waals surface area contributed by atoms with Crippen molar-refractivity contribution in [3.8, 4) is 0 Å². The second-order valence-electron chi connectivity index (χ2n) is 2.87. The highest BCUT2D eigenvalue weighted by atomic mass is 32.1. The van der Waals surface area contributed by atoms with Crippen molar-refractivity contribution in [1.29, 1.82) is 0 Å². The second kappa shape index (κ2) is 2.39. The molecule has 0 atom stereocenters. The summed E-state index contributed by atoms with van der Waals surface area (Å²) in [7, 11) is 0. The molecule has 0 nitrogen and oxygen atoms in total. The first-order valence-corrected chi connectivity index (χ1v) is 4.82. The molecule has 10 heavy (non-hydrogen) atoms. The van der Waals surface area contributed by atoms with Crippen LogP contribution in [-0.2, 0) is 19.3 Å². The Morgan fingerprint density at radius 1 is 1.50 bits per heavy atom. The largest absolute Gasteiger partial charge is 0.145 e. The van der Waals surface area contributed by atoms with Crippen LogP contribution in [0, 0.1) is 0 Å². The molecule has 0 unspecified atom stereocenters. The number of fused-ring (bicyclic) bond motifs is 1. The van der Waals surface area contributed by atoms with Crippen LogP contribution in [0.15, 0.2) is 6.07 Å². The van der Waals surface area contributed by atoms with Gasteiger partial charge in [-0.2, -0.15) is 0 Å². The van der Waals surface area contributed by atoms with Gasteiger partial charge in [0.05, 0.1) is 0 Å². The lowest BCUT2D eigenvalue weighted by molar-refractivity contribution is 0.913. The molecule has 0 radical (unpaired) electrons. The van der Waals surface area contributed by atoms with Gasteiger partial charge in [0.1, 0.15) is 0 Å². The first-order chi connectivity index (χ1) is 4.90. The fourth-order valence-electron chi connectivity index (χ4n) is 1.56. The number of hydrogen-bond donors (Lipinski definition) is 0. The third-order valence-corrected chi connectivity index (χ3v) is 3.53. The van der Waals surface area contributed by atoms with Gasteiger partial charge in [-0.25, -0.2) is 0 Å². The van der Waals surface area contributed by atoms with E-state index in [-0.39, 0.29) is 0 Å². The van der Waals surface area contributed by atoms with Gasteiger partial charge in [-0.3, -0.25) is 0 Å². The highest BCUT2D eigenvalue weighted by molar-refractivity contribution is 7.12. The Morgan fingerprint density at radius 3 is 3.10 bits per heavy atom. The minimum atomic E-state index is 1.22. The molecule has 0 fully saturated rings. The molecule has 0 saturated carbocycles. The van der Waals surface area contributed by atoms with Gasteiger partial charge in [-0.15, -0.1) is 11.3 Å². The minimum absolute atomic E-state index is 1.22. The van der Waals surface area contributed by atoms with Crippen molar-refractivity contribution >= 4 is 11.3 Å². The molecule has 1 aliphatic carbocycles. The molecule has 1 aromatic rings. The average Bonchev–Trinajstić information content (AvgIpc) is 2.42.